The molecule has 0 bridgehead atoms. The van der Waals surface area contributed by atoms with Crippen LogP contribution in [0.4, 0.5) is 0 Å². The van der Waals surface area contributed by atoms with Crippen molar-refractivity contribution in [1.82, 2.24) is 5.32 Å². The summed E-state index contributed by atoms with van der Waals surface area (Å²) >= 11 is 4.10. The Morgan fingerprint density at radius 2 is 1.80 bits per heavy atom. The van der Waals surface area contributed by atoms with Gasteiger partial charge < -0.3 is 14.8 Å². The topological polar surface area (TPSA) is 30.5 Å². The van der Waals surface area contributed by atoms with Gasteiger partial charge in [-0.3, -0.25) is 0 Å². The molecule has 0 fully saturated rings. The van der Waals surface area contributed by atoms with Gasteiger partial charge in [0.1, 0.15) is 18.1 Å². The monoisotopic (exact) mass is 227 g/mol. The van der Waals surface area contributed by atoms with E-state index in [-0.39, 0.29) is 0 Å². The van der Waals surface area contributed by atoms with E-state index in [1.807, 2.05) is 24.3 Å². The average molecular weight is 227 g/mol. The average Bonchev–Trinajstić information content (AvgIpc) is 2.30. The molecule has 0 spiro atoms. The minimum Gasteiger partial charge on any atom is -0.497 e. The number of hydrogen-bond donors (Lipinski definition) is 2. The summed E-state index contributed by atoms with van der Waals surface area (Å²) in [6.07, 6.45) is 0. The molecule has 15 heavy (non-hydrogen) atoms. The molecule has 1 N–H and O–H groups in total. The van der Waals surface area contributed by atoms with Crippen LogP contribution in [0.5, 0.6) is 11.5 Å². The van der Waals surface area contributed by atoms with Gasteiger partial charge in [0.2, 0.25) is 0 Å². The second kappa shape index (κ2) is 7.43. The van der Waals surface area contributed by atoms with Crippen LogP contribution >= 0.6 is 12.6 Å². The van der Waals surface area contributed by atoms with Gasteiger partial charge >= 0.3 is 0 Å². The van der Waals surface area contributed by atoms with Gasteiger partial charge in [-0.25, -0.2) is 0 Å². The second-order valence-electron chi connectivity index (χ2n) is 3.00. The molecule has 84 valence electrons. The fourth-order valence-electron chi connectivity index (χ4n) is 1.12. The van der Waals surface area contributed by atoms with Crippen LogP contribution in [-0.2, 0) is 0 Å². The zero-order chi connectivity index (χ0) is 10.9. The van der Waals surface area contributed by atoms with Crippen molar-refractivity contribution in [3.8, 4) is 11.5 Å². The van der Waals surface area contributed by atoms with Crippen molar-refractivity contribution in [1.29, 1.82) is 0 Å². The minimum absolute atomic E-state index is 0.667. The van der Waals surface area contributed by atoms with Crippen LogP contribution in [0.1, 0.15) is 0 Å². The molecule has 1 aromatic rings. The highest BCUT2D eigenvalue weighted by Gasteiger charge is 1.94. The van der Waals surface area contributed by atoms with Crippen LogP contribution in [0.3, 0.4) is 0 Å². The molecule has 0 saturated heterocycles. The van der Waals surface area contributed by atoms with E-state index in [2.05, 4.69) is 17.9 Å². The smallest absolute Gasteiger partial charge is 0.119 e. The van der Waals surface area contributed by atoms with Gasteiger partial charge in [-0.05, 0) is 24.3 Å². The van der Waals surface area contributed by atoms with Gasteiger partial charge in [0, 0.05) is 18.8 Å². The molecule has 3 nitrogen and oxygen atoms in total. The summed E-state index contributed by atoms with van der Waals surface area (Å²) in [5.74, 6) is 2.56. The van der Waals surface area contributed by atoms with E-state index in [9.17, 15) is 0 Å². The van der Waals surface area contributed by atoms with E-state index in [1.54, 1.807) is 7.11 Å². The first kappa shape index (κ1) is 12.2. The quantitative estimate of drug-likeness (QED) is 0.548. The van der Waals surface area contributed by atoms with Gasteiger partial charge in [-0.2, -0.15) is 12.6 Å². The van der Waals surface area contributed by atoms with Gasteiger partial charge in [-0.15, -0.1) is 0 Å². The maximum Gasteiger partial charge on any atom is 0.119 e. The summed E-state index contributed by atoms with van der Waals surface area (Å²) in [5.41, 5.74) is 0. The van der Waals surface area contributed by atoms with Crippen LogP contribution < -0.4 is 14.8 Å². The van der Waals surface area contributed by atoms with Crippen LogP contribution in [-0.4, -0.2) is 32.6 Å². The normalized spacial score (nSPS) is 10.0. The standard InChI is InChI=1S/C11H17NO2S/c1-13-10-2-4-11(5-3-10)14-8-6-12-7-9-15/h2-5,12,15H,6-9H2,1H3. The van der Waals surface area contributed by atoms with Crippen molar-refractivity contribution in [2.75, 3.05) is 32.6 Å². The first-order valence-electron chi connectivity index (χ1n) is 4.95. The molecule has 1 aromatic carbocycles. The number of methoxy groups -OCH3 is 1. The molecule has 0 saturated carbocycles. The van der Waals surface area contributed by atoms with Crippen molar-refractivity contribution in [2.24, 2.45) is 0 Å². The Hall–Kier alpha value is -0.870. The van der Waals surface area contributed by atoms with E-state index >= 15 is 0 Å². The lowest BCUT2D eigenvalue weighted by atomic mass is 10.3. The van der Waals surface area contributed by atoms with Crippen LogP contribution in [0, 0.1) is 0 Å². The molecule has 0 heterocycles. The third-order valence-corrected chi connectivity index (χ3v) is 2.12. The van der Waals surface area contributed by atoms with E-state index in [1.165, 1.54) is 0 Å². The molecule has 0 atom stereocenters. The number of rotatable bonds is 7. The Kier molecular flexibility index (Phi) is 6.04. The molecule has 0 aliphatic carbocycles. The number of thiol groups is 1. The first-order chi connectivity index (χ1) is 7.36. The largest absolute Gasteiger partial charge is 0.497 e. The maximum absolute atomic E-state index is 5.51. The Morgan fingerprint density at radius 3 is 2.40 bits per heavy atom. The highest BCUT2D eigenvalue weighted by molar-refractivity contribution is 7.80. The summed E-state index contributed by atoms with van der Waals surface area (Å²) in [6, 6.07) is 7.57. The Morgan fingerprint density at radius 1 is 1.13 bits per heavy atom. The Labute approximate surface area is 96.2 Å². The Bertz CT molecular complexity index is 264. The third-order valence-electron chi connectivity index (χ3n) is 1.90. The highest BCUT2D eigenvalue weighted by atomic mass is 32.1. The van der Waals surface area contributed by atoms with E-state index < -0.39 is 0 Å². The molecule has 4 heteroatoms. The van der Waals surface area contributed by atoms with Crippen molar-refractivity contribution in [2.45, 2.75) is 0 Å². The van der Waals surface area contributed by atoms with E-state index in [0.717, 1.165) is 30.3 Å². The maximum atomic E-state index is 5.51. The molecular weight excluding hydrogens is 210 g/mol. The third kappa shape index (κ3) is 4.95. The zero-order valence-corrected chi connectivity index (χ0v) is 9.80. The van der Waals surface area contributed by atoms with E-state index in [0.29, 0.717) is 6.61 Å². The lowest BCUT2D eigenvalue weighted by Gasteiger charge is -2.07. The highest BCUT2D eigenvalue weighted by Crippen LogP contribution is 2.16. The lowest BCUT2D eigenvalue weighted by Crippen LogP contribution is -2.22. The van der Waals surface area contributed by atoms with Crippen LogP contribution in [0.2, 0.25) is 0 Å². The van der Waals surface area contributed by atoms with Crippen LogP contribution in [0.25, 0.3) is 0 Å². The number of ether oxygens (including phenoxy) is 2. The predicted octanol–water partition coefficient (Wildman–Crippen LogP) is 1.59. The van der Waals surface area contributed by atoms with Crippen LogP contribution in [0.15, 0.2) is 24.3 Å². The summed E-state index contributed by atoms with van der Waals surface area (Å²) in [6.45, 7) is 2.42. The summed E-state index contributed by atoms with van der Waals surface area (Å²) in [5, 5.41) is 3.20. The predicted molar refractivity (Wildman–Crippen MR) is 65.2 cm³/mol. The number of benzene rings is 1. The second-order valence-corrected chi connectivity index (χ2v) is 3.44. The lowest BCUT2D eigenvalue weighted by molar-refractivity contribution is 0.315. The molecular formula is C11H17NO2S. The molecule has 1 rings (SSSR count). The summed E-state index contributed by atoms with van der Waals surface area (Å²) < 4.78 is 10.6. The zero-order valence-electron chi connectivity index (χ0n) is 8.90. The first-order valence-corrected chi connectivity index (χ1v) is 5.58. The number of hydrogen-bond acceptors (Lipinski definition) is 4. The van der Waals surface area contributed by atoms with Gasteiger partial charge in [0.15, 0.2) is 0 Å². The number of nitrogens with one attached hydrogen (secondary N) is 1. The van der Waals surface area contributed by atoms with Gasteiger partial charge in [0.05, 0.1) is 7.11 Å². The van der Waals surface area contributed by atoms with Crippen molar-refractivity contribution in [3.05, 3.63) is 24.3 Å². The molecule has 0 aliphatic heterocycles. The van der Waals surface area contributed by atoms with Gasteiger partial charge in [-0.1, -0.05) is 0 Å². The van der Waals surface area contributed by atoms with Crippen molar-refractivity contribution in [3.63, 3.8) is 0 Å². The molecule has 0 unspecified atom stereocenters. The fourth-order valence-corrected chi connectivity index (χ4v) is 1.28. The molecule has 0 radical (unpaired) electrons. The SMILES string of the molecule is COc1ccc(OCCNCCS)cc1. The fraction of sp³-hybridized carbons (Fsp3) is 0.455. The van der Waals surface area contributed by atoms with Gasteiger partial charge in [0.25, 0.3) is 0 Å². The summed E-state index contributed by atoms with van der Waals surface area (Å²) in [7, 11) is 1.65. The summed E-state index contributed by atoms with van der Waals surface area (Å²) in [4.78, 5) is 0. The van der Waals surface area contributed by atoms with Crippen molar-refractivity contribution < 1.29 is 9.47 Å². The molecule has 0 aromatic heterocycles. The Balaban J connectivity index is 2.20. The minimum atomic E-state index is 0.667. The molecule has 0 aliphatic rings. The van der Waals surface area contributed by atoms with E-state index in [4.69, 9.17) is 9.47 Å². The van der Waals surface area contributed by atoms with Crippen molar-refractivity contribution >= 4 is 12.6 Å². The molecule has 0 amide bonds.